The first kappa shape index (κ1) is 20.0. The number of hydrogen-bond acceptors (Lipinski definition) is 4. The third kappa shape index (κ3) is 3.74. The Kier molecular flexibility index (Phi) is 5.50. The Balaban J connectivity index is 1.67. The van der Waals surface area contributed by atoms with Crippen LogP contribution in [0.2, 0.25) is 0 Å². The van der Waals surface area contributed by atoms with Crippen molar-refractivity contribution in [2.24, 2.45) is 5.73 Å². The van der Waals surface area contributed by atoms with Crippen LogP contribution in [-0.4, -0.2) is 37.2 Å². The Hall–Kier alpha value is -1.98. The van der Waals surface area contributed by atoms with Gasteiger partial charge in [0.1, 0.15) is 13.1 Å². The predicted octanol–water partition coefficient (Wildman–Crippen LogP) is 4.16. The standard InChI is InChI=1S/C25H33N4S/c1-3-18-14-21(29-11-7-19(26)8-12-29)16-23-25(18)27-24-17(2)13-20(15-22(24)30-23)28-9-5-4-6-10-28/h13-16,19H,3-12,26H2,1-2H3/q+1. The highest BCUT2D eigenvalue weighted by molar-refractivity contribution is 7.21. The van der Waals surface area contributed by atoms with Crippen molar-refractivity contribution >= 4 is 27.2 Å². The van der Waals surface area contributed by atoms with Crippen molar-refractivity contribution < 1.29 is 0 Å². The van der Waals surface area contributed by atoms with Crippen LogP contribution in [0.3, 0.4) is 0 Å². The minimum Gasteiger partial charge on any atom is -0.371 e. The van der Waals surface area contributed by atoms with Gasteiger partial charge in [0.05, 0.1) is 20.8 Å². The molecule has 1 aromatic carbocycles. The van der Waals surface area contributed by atoms with Crippen LogP contribution in [0.4, 0.5) is 5.69 Å². The summed E-state index contributed by atoms with van der Waals surface area (Å²) in [7, 11) is 0. The number of aryl methyl sites for hydroxylation is 2. The Morgan fingerprint density at radius 1 is 1.10 bits per heavy atom. The van der Waals surface area contributed by atoms with Gasteiger partial charge in [-0.05, 0) is 55.9 Å². The van der Waals surface area contributed by atoms with E-state index in [-0.39, 0.29) is 0 Å². The molecule has 0 spiro atoms. The fourth-order valence-electron chi connectivity index (χ4n) is 4.98. The number of fused-ring (bicyclic) bond motifs is 2. The van der Waals surface area contributed by atoms with E-state index < -0.39 is 0 Å². The molecule has 3 aliphatic heterocycles. The van der Waals surface area contributed by atoms with Crippen LogP contribution in [0, 0.1) is 6.92 Å². The summed E-state index contributed by atoms with van der Waals surface area (Å²) in [6.45, 7) is 8.93. The number of hydrogen-bond donors (Lipinski definition) is 1. The lowest BCUT2D eigenvalue weighted by atomic mass is 10.0. The van der Waals surface area contributed by atoms with Crippen molar-refractivity contribution in [2.45, 2.75) is 58.4 Å². The molecule has 0 amide bonds. The van der Waals surface area contributed by atoms with E-state index in [1.165, 1.54) is 75.3 Å². The van der Waals surface area contributed by atoms with Crippen LogP contribution in [0.25, 0.3) is 20.8 Å². The van der Waals surface area contributed by atoms with Crippen LogP contribution < -0.4 is 20.6 Å². The van der Waals surface area contributed by atoms with Gasteiger partial charge in [0.15, 0.2) is 0 Å². The molecular formula is C25H33N4S+. The maximum atomic E-state index is 6.14. The lowest BCUT2D eigenvalue weighted by molar-refractivity contribution is 0.406. The molecule has 4 aliphatic rings. The lowest BCUT2D eigenvalue weighted by Crippen LogP contribution is -2.42. The predicted molar refractivity (Wildman–Crippen MR) is 129 cm³/mol. The average molecular weight is 422 g/mol. The van der Waals surface area contributed by atoms with Crippen molar-refractivity contribution in [3.05, 3.63) is 40.7 Å². The van der Waals surface area contributed by atoms with Crippen LogP contribution in [-0.2, 0) is 6.42 Å². The molecule has 0 radical (unpaired) electrons. The lowest BCUT2D eigenvalue weighted by Gasteiger charge is -2.29. The molecule has 0 saturated carbocycles. The van der Waals surface area contributed by atoms with E-state index in [0.717, 1.165) is 32.4 Å². The van der Waals surface area contributed by atoms with Gasteiger partial charge in [-0.1, -0.05) is 6.92 Å². The molecule has 5 heteroatoms. The number of aromatic nitrogens is 1. The van der Waals surface area contributed by atoms with Crippen molar-refractivity contribution in [1.82, 2.24) is 9.56 Å². The van der Waals surface area contributed by atoms with Gasteiger partial charge in [-0.2, -0.15) is 0 Å². The smallest absolute Gasteiger partial charge is 0.201 e. The van der Waals surface area contributed by atoms with Crippen molar-refractivity contribution in [3.63, 3.8) is 0 Å². The van der Waals surface area contributed by atoms with Gasteiger partial charge in [-0.15, -0.1) is 11.3 Å². The highest BCUT2D eigenvalue weighted by Gasteiger charge is 2.21. The number of nitrogens with two attached hydrogens (primary N) is 1. The third-order valence-corrected chi connectivity index (χ3v) is 7.90. The fourth-order valence-corrected chi connectivity index (χ4v) is 6.15. The molecule has 0 atom stereocenters. The Morgan fingerprint density at radius 3 is 2.60 bits per heavy atom. The van der Waals surface area contributed by atoms with Crippen LogP contribution >= 0.6 is 11.3 Å². The van der Waals surface area contributed by atoms with Gasteiger partial charge in [0.25, 0.3) is 0 Å². The molecule has 5 rings (SSSR count). The normalized spacial score (nSPS) is 20.3. The number of nitrogens with zero attached hydrogens (tertiary/aromatic N) is 3. The number of benzene rings is 2. The molecule has 2 N–H and O–H groups in total. The van der Waals surface area contributed by atoms with E-state index in [1.54, 1.807) is 0 Å². The van der Waals surface area contributed by atoms with Gasteiger partial charge in [0, 0.05) is 49.8 Å². The van der Waals surface area contributed by atoms with Gasteiger partial charge < -0.3 is 10.6 Å². The Labute approximate surface area is 183 Å². The quantitative estimate of drug-likeness (QED) is 0.499. The molecule has 0 bridgehead atoms. The first-order valence-corrected chi connectivity index (χ1v) is 12.4. The summed E-state index contributed by atoms with van der Waals surface area (Å²) in [5, 5.41) is 1.34. The Morgan fingerprint density at radius 2 is 1.87 bits per heavy atom. The first-order chi connectivity index (χ1) is 14.6. The summed E-state index contributed by atoms with van der Waals surface area (Å²) in [6, 6.07) is 9.81. The molecule has 1 aliphatic carbocycles. The van der Waals surface area contributed by atoms with Crippen molar-refractivity contribution in [1.29, 1.82) is 0 Å². The monoisotopic (exact) mass is 421 g/mol. The minimum atomic E-state index is 0.358. The average Bonchev–Trinajstić information content (AvgIpc) is 2.78. The largest absolute Gasteiger partial charge is 0.371 e. The first-order valence-electron chi connectivity index (χ1n) is 11.6. The molecule has 4 nitrogen and oxygen atoms in total. The maximum absolute atomic E-state index is 6.14. The summed E-state index contributed by atoms with van der Waals surface area (Å²) in [5.74, 6) is 0. The molecule has 0 aromatic heterocycles. The van der Waals surface area contributed by atoms with Crippen molar-refractivity contribution in [2.75, 3.05) is 31.1 Å². The second-order valence-electron chi connectivity index (χ2n) is 9.00. The molecule has 158 valence electrons. The molecule has 30 heavy (non-hydrogen) atoms. The van der Waals surface area contributed by atoms with Crippen molar-refractivity contribution in [3.8, 4) is 10.6 Å². The second-order valence-corrected chi connectivity index (χ2v) is 10.1. The van der Waals surface area contributed by atoms with Gasteiger partial charge >= 0.3 is 0 Å². The van der Waals surface area contributed by atoms with E-state index in [9.17, 15) is 0 Å². The third-order valence-electron chi connectivity index (χ3n) is 6.84. The molecule has 1 aromatic rings. The summed E-state index contributed by atoms with van der Waals surface area (Å²) in [6.07, 6.45) is 7.14. The SMILES string of the molecule is CCc1cc(=[N+]2CCC(N)CC2)cc2sc3cc(N4CCCCC4)cc(C)c3nc1-2. The zero-order valence-electron chi connectivity index (χ0n) is 18.3. The molecule has 2 saturated heterocycles. The summed E-state index contributed by atoms with van der Waals surface area (Å²) in [5.41, 5.74) is 12.5. The highest BCUT2D eigenvalue weighted by atomic mass is 32.1. The number of piperidine rings is 2. The fraction of sp³-hybridized carbons (Fsp3) is 0.520. The van der Waals surface area contributed by atoms with E-state index in [0.29, 0.717) is 6.04 Å². The molecule has 0 unspecified atom stereocenters. The summed E-state index contributed by atoms with van der Waals surface area (Å²) in [4.78, 5) is 9.05. The highest BCUT2D eigenvalue weighted by Crippen LogP contribution is 2.36. The zero-order valence-corrected chi connectivity index (χ0v) is 19.1. The Bertz CT molecular complexity index is 1100. The summed E-state index contributed by atoms with van der Waals surface area (Å²) < 4.78 is 3.82. The van der Waals surface area contributed by atoms with E-state index in [4.69, 9.17) is 10.7 Å². The van der Waals surface area contributed by atoms with Gasteiger partial charge in [-0.25, -0.2) is 9.56 Å². The molecule has 3 heterocycles. The van der Waals surface area contributed by atoms with Crippen LogP contribution in [0.1, 0.15) is 50.2 Å². The molecular weight excluding hydrogens is 388 g/mol. The topological polar surface area (TPSA) is 45.2 Å². The van der Waals surface area contributed by atoms with Gasteiger partial charge in [-0.3, -0.25) is 0 Å². The maximum Gasteiger partial charge on any atom is 0.201 e. The van der Waals surface area contributed by atoms with E-state index >= 15 is 0 Å². The number of anilines is 1. The minimum absolute atomic E-state index is 0.358. The van der Waals surface area contributed by atoms with Crippen LogP contribution in [0.5, 0.6) is 0 Å². The van der Waals surface area contributed by atoms with E-state index in [1.807, 2.05) is 11.3 Å². The molecule has 2 fully saturated rings. The number of rotatable bonds is 2. The van der Waals surface area contributed by atoms with Gasteiger partial charge in [0.2, 0.25) is 5.36 Å². The summed E-state index contributed by atoms with van der Waals surface area (Å²) >= 11 is 1.91. The van der Waals surface area contributed by atoms with E-state index in [2.05, 4.69) is 47.6 Å². The second kappa shape index (κ2) is 8.27. The van der Waals surface area contributed by atoms with Crippen LogP contribution in [0.15, 0.2) is 24.3 Å². The zero-order chi connectivity index (χ0) is 20.7.